The van der Waals surface area contributed by atoms with Gasteiger partial charge in [-0.25, -0.2) is 0 Å². The van der Waals surface area contributed by atoms with Gasteiger partial charge >= 0.3 is 5.97 Å². The Balaban J connectivity index is 2.19. The third-order valence-electron chi connectivity index (χ3n) is 3.77. The molecule has 2 aliphatic rings. The molecule has 0 aromatic carbocycles. The molecule has 2 saturated heterocycles. The maximum atomic E-state index is 10.7. The fourth-order valence-electron chi connectivity index (χ4n) is 3.08. The predicted octanol–water partition coefficient (Wildman–Crippen LogP) is -0.580. The SMILES string of the molecule is CN1[C@H]2C[C@H](O)C[C@H]1[C@@](O)(CC(=O)O)C2. The van der Waals surface area contributed by atoms with Crippen LogP contribution < -0.4 is 0 Å². The molecule has 0 aromatic heterocycles. The highest BCUT2D eigenvalue weighted by atomic mass is 16.4. The molecule has 0 aromatic rings. The molecule has 3 N–H and O–H groups in total. The van der Waals surface area contributed by atoms with Crippen LogP contribution >= 0.6 is 0 Å². The Morgan fingerprint density at radius 1 is 1.53 bits per heavy atom. The van der Waals surface area contributed by atoms with Crippen LogP contribution in [-0.4, -0.2) is 57.0 Å². The summed E-state index contributed by atoms with van der Waals surface area (Å²) in [6, 6.07) is -0.106. The number of carbonyl (C=O) groups is 1. The smallest absolute Gasteiger partial charge is 0.306 e. The maximum absolute atomic E-state index is 10.7. The molecule has 0 spiro atoms. The van der Waals surface area contributed by atoms with E-state index in [4.69, 9.17) is 5.11 Å². The Morgan fingerprint density at radius 3 is 2.80 bits per heavy atom. The molecular formula is C10H17NO4. The number of carboxylic acid groups (broad SMARTS) is 1. The number of aliphatic hydroxyl groups is 2. The van der Waals surface area contributed by atoms with Gasteiger partial charge in [0, 0.05) is 12.1 Å². The molecule has 86 valence electrons. The van der Waals surface area contributed by atoms with Crippen molar-refractivity contribution < 1.29 is 20.1 Å². The van der Waals surface area contributed by atoms with Crippen molar-refractivity contribution in [2.24, 2.45) is 0 Å². The van der Waals surface area contributed by atoms with E-state index in [2.05, 4.69) is 0 Å². The Morgan fingerprint density at radius 2 is 2.20 bits per heavy atom. The van der Waals surface area contributed by atoms with Gasteiger partial charge in [0.2, 0.25) is 0 Å². The second-order valence-electron chi connectivity index (χ2n) is 4.84. The number of nitrogens with zero attached hydrogens (tertiary/aromatic N) is 1. The van der Waals surface area contributed by atoms with Crippen LogP contribution in [0, 0.1) is 0 Å². The molecule has 5 nitrogen and oxygen atoms in total. The van der Waals surface area contributed by atoms with Crippen molar-refractivity contribution in [1.29, 1.82) is 0 Å². The second kappa shape index (κ2) is 3.43. The van der Waals surface area contributed by atoms with Crippen molar-refractivity contribution in [3.63, 3.8) is 0 Å². The van der Waals surface area contributed by atoms with E-state index < -0.39 is 17.7 Å². The summed E-state index contributed by atoms with van der Waals surface area (Å²) in [5, 5.41) is 28.6. The lowest BCUT2D eigenvalue weighted by Crippen LogP contribution is -2.49. The topological polar surface area (TPSA) is 81.0 Å². The van der Waals surface area contributed by atoms with Crippen LogP contribution in [0.1, 0.15) is 25.7 Å². The van der Waals surface area contributed by atoms with Crippen LogP contribution in [0.15, 0.2) is 0 Å². The van der Waals surface area contributed by atoms with Gasteiger partial charge in [0.25, 0.3) is 0 Å². The molecular weight excluding hydrogens is 198 g/mol. The van der Waals surface area contributed by atoms with Crippen molar-refractivity contribution in [3.05, 3.63) is 0 Å². The molecule has 15 heavy (non-hydrogen) atoms. The third kappa shape index (κ3) is 1.75. The van der Waals surface area contributed by atoms with Crippen molar-refractivity contribution >= 4 is 5.97 Å². The minimum Gasteiger partial charge on any atom is -0.481 e. The van der Waals surface area contributed by atoms with Crippen molar-refractivity contribution in [3.8, 4) is 0 Å². The number of piperidine rings is 1. The molecule has 2 aliphatic heterocycles. The van der Waals surface area contributed by atoms with Gasteiger partial charge in [-0.3, -0.25) is 9.69 Å². The van der Waals surface area contributed by atoms with Gasteiger partial charge in [-0.2, -0.15) is 0 Å². The molecule has 0 aliphatic carbocycles. The summed E-state index contributed by atoms with van der Waals surface area (Å²) < 4.78 is 0. The van der Waals surface area contributed by atoms with Gasteiger partial charge < -0.3 is 15.3 Å². The summed E-state index contributed by atoms with van der Waals surface area (Å²) in [5.41, 5.74) is -1.16. The quantitative estimate of drug-likeness (QED) is 0.574. The van der Waals surface area contributed by atoms with Crippen LogP contribution in [-0.2, 0) is 4.79 Å². The molecule has 2 rings (SSSR count). The molecule has 2 bridgehead atoms. The monoisotopic (exact) mass is 215 g/mol. The molecule has 2 heterocycles. The van der Waals surface area contributed by atoms with Crippen LogP contribution in [0.5, 0.6) is 0 Å². The molecule has 2 fully saturated rings. The average molecular weight is 215 g/mol. The number of hydrogen-bond acceptors (Lipinski definition) is 4. The van der Waals surface area contributed by atoms with Gasteiger partial charge in [0.05, 0.1) is 18.1 Å². The Labute approximate surface area is 88.3 Å². The number of rotatable bonds is 2. The van der Waals surface area contributed by atoms with E-state index in [1.54, 1.807) is 0 Å². The lowest BCUT2D eigenvalue weighted by Gasteiger charge is -2.37. The van der Waals surface area contributed by atoms with E-state index in [1.807, 2.05) is 11.9 Å². The fourth-order valence-corrected chi connectivity index (χ4v) is 3.08. The van der Waals surface area contributed by atoms with E-state index in [-0.39, 0.29) is 18.5 Å². The average Bonchev–Trinajstić information content (AvgIpc) is 2.26. The van der Waals surface area contributed by atoms with E-state index in [9.17, 15) is 15.0 Å². The highest BCUT2D eigenvalue weighted by Crippen LogP contribution is 2.42. The first kappa shape index (κ1) is 10.9. The number of aliphatic carboxylic acids is 1. The van der Waals surface area contributed by atoms with Crippen LogP contribution in [0.3, 0.4) is 0 Å². The minimum atomic E-state index is -1.16. The van der Waals surface area contributed by atoms with Crippen LogP contribution in [0.25, 0.3) is 0 Å². The number of hydrogen-bond donors (Lipinski definition) is 3. The van der Waals surface area contributed by atoms with Gasteiger partial charge in [-0.15, -0.1) is 0 Å². The third-order valence-corrected chi connectivity index (χ3v) is 3.77. The van der Waals surface area contributed by atoms with E-state index >= 15 is 0 Å². The first-order chi connectivity index (χ1) is 6.92. The molecule has 0 amide bonds. The second-order valence-corrected chi connectivity index (χ2v) is 4.84. The largest absolute Gasteiger partial charge is 0.481 e. The highest BCUT2D eigenvalue weighted by molar-refractivity contribution is 5.68. The number of carboxylic acids is 1. The molecule has 0 radical (unpaired) electrons. The Bertz CT molecular complexity index is 283. The first-order valence-corrected chi connectivity index (χ1v) is 5.26. The van der Waals surface area contributed by atoms with Crippen molar-refractivity contribution in [2.45, 2.75) is 49.5 Å². The summed E-state index contributed by atoms with van der Waals surface area (Å²) in [7, 11) is 1.89. The lowest BCUT2D eigenvalue weighted by molar-refractivity contribution is -0.144. The predicted molar refractivity (Wildman–Crippen MR) is 52.4 cm³/mol. The molecule has 0 unspecified atom stereocenters. The molecule has 5 heteroatoms. The normalized spacial score (nSPS) is 45.7. The maximum Gasteiger partial charge on any atom is 0.306 e. The minimum absolute atomic E-state index is 0.114. The fraction of sp³-hybridized carbons (Fsp3) is 0.900. The zero-order valence-corrected chi connectivity index (χ0v) is 8.76. The first-order valence-electron chi connectivity index (χ1n) is 5.26. The Kier molecular flexibility index (Phi) is 2.48. The summed E-state index contributed by atoms with van der Waals surface area (Å²) in [6.45, 7) is 0. The van der Waals surface area contributed by atoms with Gasteiger partial charge in [0.1, 0.15) is 0 Å². The molecule has 0 saturated carbocycles. The van der Waals surface area contributed by atoms with E-state index in [0.29, 0.717) is 19.3 Å². The summed E-state index contributed by atoms with van der Waals surface area (Å²) in [4.78, 5) is 12.7. The molecule has 4 atom stereocenters. The van der Waals surface area contributed by atoms with Gasteiger partial charge in [-0.05, 0) is 26.3 Å². The van der Waals surface area contributed by atoms with Crippen LogP contribution in [0.2, 0.25) is 0 Å². The van der Waals surface area contributed by atoms with E-state index in [0.717, 1.165) is 0 Å². The summed E-state index contributed by atoms with van der Waals surface area (Å²) in [5.74, 6) is -0.979. The number of fused-ring (bicyclic) bond motifs is 2. The number of likely N-dealkylation sites (N-methyl/N-ethyl adjacent to an activating group) is 1. The van der Waals surface area contributed by atoms with E-state index in [1.165, 1.54) is 0 Å². The Hall–Kier alpha value is -0.650. The van der Waals surface area contributed by atoms with Gasteiger partial charge in [0.15, 0.2) is 0 Å². The summed E-state index contributed by atoms with van der Waals surface area (Å²) in [6.07, 6.45) is 0.924. The highest BCUT2D eigenvalue weighted by Gasteiger charge is 2.54. The summed E-state index contributed by atoms with van der Waals surface area (Å²) >= 11 is 0. The van der Waals surface area contributed by atoms with Crippen LogP contribution in [0.4, 0.5) is 0 Å². The zero-order valence-electron chi connectivity index (χ0n) is 8.76. The standard InChI is InChI=1S/C10H17NO4/c1-11-6-2-7(12)3-8(11)10(15,4-6)5-9(13)14/h6-8,12,15H,2-5H2,1H3,(H,13,14)/t6-,7-,8-,10-/m0/s1. The lowest BCUT2D eigenvalue weighted by atomic mass is 9.89. The van der Waals surface area contributed by atoms with Gasteiger partial charge in [-0.1, -0.05) is 0 Å². The number of aliphatic hydroxyl groups excluding tert-OH is 1. The van der Waals surface area contributed by atoms with Crippen molar-refractivity contribution in [1.82, 2.24) is 4.90 Å². The zero-order chi connectivity index (χ0) is 11.2. The van der Waals surface area contributed by atoms with Crippen molar-refractivity contribution in [2.75, 3.05) is 7.05 Å².